The summed E-state index contributed by atoms with van der Waals surface area (Å²) in [6.45, 7) is 2.16. The molecule has 0 heterocycles. The number of sulfone groups is 1. The van der Waals surface area contributed by atoms with Crippen molar-refractivity contribution in [2.24, 2.45) is 11.7 Å². The van der Waals surface area contributed by atoms with Gasteiger partial charge in [0.1, 0.15) is 5.75 Å². The molecule has 0 aromatic heterocycles. The van der Waals surface area contributed by atoms with Gasteiger partial charge in [0.2, 0.25) is 5.91 Å². The number of nitrogens with two attached hydrogens (primary N) is 1. The van der Waals surface area contributed by atoms with Crippen molar-refractivity contribution in [2.75, 3.05) is 18.1 Å². The number of hydrogen-bond donors (Lipinski definition) is 2. The normalized spacial score (nSPS) is 18.1. The highest BCUT2D eigenvalue weighted by Gasteiger charge is 2.31. The molecule has 1 fully saturated rings. The van der Waals surface area contributed by atoms with Crippen LogP contribution < -0.4 is 11.1 Å². The maximum absolute atomic E-state index is 11.5. The molecule has 1 amide bonds. The van der Waals surface area contributed by atoms with Crippen LogP contribution in [0.3, 0.4) is 0 Å². The van der Waals surface area contributed by atoms with Crippen LogP contribution in [0.1, 0.15) is 26.2 Å². The van der Waals surface area contributed by atoms with Gasteiger partial charge in [-0.15, -0.1) is 0 Å². The van der Waals surface area contributed by atoms with E-state index in [-0.39, 0.29) is 11.8 Å². The van der Waals surface area contributed by atoms with Crippen LogP contribution in [-0.4, -0.2) is 38.4 Å². The quantitative estimate of drug-likeness (QED) is 0.645. The molecule has 1 aliphatic carbocycles. The van der Waals surface area contributed by atoms with Crippen molar-refractivity contribution in [1.29, 1.82) is 0 Å². The Balaban J connectivity index is 2.40. The summed E-state index contributed by atoms with van der Waals surface area (Å²) in [5, 5.41) is 2.70. The number of carbonyl (C=O) groups excluding carboxylic acids is 1. The van der Waals surface area contributed by atoms with E-state index in [0.29, 0.717) is 18.9 Å². The molecule has 0 aromatic carbocycles. The number of nitrogens with one attached hydrogen (secondary N) is 1. The second kappa shape index (κ2) is 5.63. The zero-order valence-corrected chi connectivity index (χ0v) is 10.4. The van der Waals surface area contributed by atoms with Crippen LogP contribution in [0.5, 0.6) is 0 Å². The minimum Gasteiger partial charge on any atom is -0.351 e. The molecule has 0 spiro atoms. The lowest BCUT2D eigenvalue weighted by molar-refractivity contribution is -0.119. The Hall–Kier alpha value is -0.620. The summed E-state index contributed by atoms with van der Waals surface area (Å²) in [6, 6.07) is -0.0515. The molecule has 0 aliphatic heterocycles. The van der Waals surface area contributed by atoms with Gasteiger partial charge in [-0.25, -0.2) is 8.42 Å². The minimum absolute atomic E-state index is 0.0515. The molecular formula is C10H20N2O3S. The van der Waals surface area contributed by atoms with Gasteiger partial charge in [-0.3, -0.25) is 4.79 Å². The first-order chi connectivity index (χ1) is 7.48. The standard InChI is InChI=1S/C10H20N2O3S/c1-2-5-16(14,15)7-10(13)12-9(6-11)8-3-4-8/h8-9H,2-7,11H2,1H3,(H,12,13). The van der Waals surface area contributed by atoms with Gasteiger partial charge in [0.05, 0.1) is 5.75 Å². The van der Waals surface area contributed by atoms with Crippen molar-refractivity contribution in [3.05, 3.63) is 0 Å². The minimum atomic E-state index is -3.24. The van der Waals surface area contributed by atoms with Crippen LogP contribution >= 0.6 is 0 Å². The summed E-state index contributed by atoms with van der Waals surface area (Å²) < 4.78 is 22.8. The van der Waals surface area contributed by atoms with Gasteiger partial charge in [-0.1, -0.05) is 6.92 Å². The molecule has 5 nitrogen and oxygen atoms in total. The van der Waals surface area contributed by atoms with Crippen LogP contribution in [0.2, 0.25) is 0 Å². The Labute approximate surface area is 96.7 Å². The van der Waals surface area contributed by atoms with Crippen molar-refractivity contribution < 1.29 is 13.2 Å². The summed E-state index contributed by atoms with van der Waals surface area (Å²) in [4.78, 5) is 11.5. The van der Waals surface area contributed by atoms with Crippen molar-refractivity contribution in [2.45, 2.75) is 32.2 Å². The van der Waals surface area contributed by atoms with Gasteiger partial charge < -0.3 is 11.1 Å². The van der Waals surface area contributed by atoms with Gasteiger partial charge in [-0.05, 0) is 25.2 Å². The van der Waals surface area contributed by atoms with Crippen molar-refractivity contribution in [3.8, 4) is 0 Å². The van der Waals surface area contributed by atoms with Gasteiger partial charge in [0.25, 0.3) is 0 Å². The van der Waals surface area contributed by atoms with Crippen LogP contribution in [0.15, 0.2) is 0 Å². The van der Waals surface area contributed by atoms with E-state index in [1.807, 2.05) is 0 Å². The van der Waals surface area contributed by atoms with E-state index in [0.717, 1.165) is 12.8 Å². The molecule has 6 heteroatoms. The molecule has 0 saturated heterocycles. The van der Waals surface area contributed by atoms with Crippen molar-refractivity contribution >= 4 is 15.7 Å². The fraction of sp³-hybridized carbons (Fsp3) is 0.900. The van der Waals surface area contributed by atoms with E-state index in [1.54, 1.807) is 6.92 Å². The van der Waals surface area contributed by atoms with Crippen LogP contribution in [0, 0.1) is 5.92 Å². The Morgan fingerprint density at radius 1 is 1.50 bits per heavy atom. The molecular weight excluding hydrogens is 228 g/mol. The predicted octanol–water partition coefficient (Wildman–Crippen LogP) is -0.335. The summed E-state index contributed by atoms with van der Waals surface area (Å²) in [5.41, 5.74) is 5.52. The number of amides is 1. The zero-order valence-electron chi connectivity index (χ0n) is 9.61. The molecule has 0 aromatic rings. The highest BCUT2D eigenvalue weighted by molar-refractivity contribution is 7.92. The summed E-state index contributed by atoms with van der Waals surface area (Å²) in [7, 11) is -3.24. The maximum Gasteiger partial charge on any atom is 0.235 e. The van der Waals surface area contributed by atoms with E-state index < -0.39 is 21.5 Å². The molecule has 0 bridgehead atoms. The second-order valence-electron chi connectivity index (χ2n) is 4.34. The lowest BCUT2D eigenvalue weighted by atomic mass is 10.2. The Morgan fingerprint density at radius 3 is 2.56 bits per heavy atom. The van der Waals surface area contributed by atoms with E-state index in [2.05, 4.69) is 5.32 Å². The average molecular weight is 248 g/mol. The Morgan fingerprint density at radius 2 is 2.12 bits per heavy atom. The number of carbonyl (C=O) groups is 1. The molecule has 1 unspecified atom stereocenters. The summed E-state index contributed by atoms with van der Waals surface area (Å²) in [5.74, 6) is -0.320. The average Bonchev–Trinajstić information content (AvgIpc) is 2.96. The number of rotatable bonds is 7. The Bertz CT molecular complexity index is 336. The largest absolute Gasteiger partial charge is 0.351 e. The van der Waals surface area contributed by atoms with Gasteiger partial charge >= 0.3 is 0 Å². The molecule has 1 saturated carbocycles. The lowest BCUT2D eigenvalue weighted by Gasteiger charge is -2.15. The molecule has 3 N–H and O–H groups in total. The maximum atomic E-state index is 11.5. The fourth-order valence-electron chi connectivity index (χ4n) is 1.70. The van der Waals surface area contributed by atoms with Crippen LogP contribution in [-0.2, 0) is 14.6 Å². The van der Waals surface area contributed by atoms with Crippen LogP contribution in [0.4, 0.5) is 0 Å². The fourth-order valence-corrected chi connectivity index (χ4v) is 2.95. The van der Waals surface area contributed by atoms with E-state index in [1.165, 1.54) is 0 Å². The molecule has 0 radical (unpaired) electrons. The van der Waals surface area contributed by atoms with Crippen molar-refractivity contribution in [3.63, 3.8) is 0 Å². The topological polar surface area (TPSA) is 89.3 Å². The number of hydrogen-bond acceptors (Lipinski definition) is 4. The highest BCUT2D eigenvalue weighted by Crippen LogP contribution is 2.32. The highest BCUT2D eigenvalue weighted by atomic mass is 32.2. The summed E-state index contributed by atoms with van der Waals surface area (Å²) >= 11 is 0. The first kappa shape index (κ1) is 13.4. The SMILES string of the molecule is CCCS(=O)(=O)CC(=O)NC(CN)C1CC1. The van der Waals surface area contributed by atoms with E-state index in [9.17, 15) is 13.2 Å². The molecule has 94 valence electrons. The molecule has 1 atom stereocenters. The molecule has 16 heavy (non-hydrogen) atoms. The lowest BCUT2D eigenvalue weighted by Crippen LogP contribution is -2.44. The second-order valence-corrected chi connectivity index (χ2v) is 6.52. The first-order valence-corrected chi connectivity index (χ1v) is 7.50. The monoisotopic (exact) mass is 248 g/mol. The molecule has 1 aliphatic rings. The predicted molar refractivity (Wildman–Crippen MR) is 62.7 cm³/mol. The zero-order chi connectivity index (χ0) is 12.2. The Kier molecular flexibility index (Phi) is 4.73. The summed E-state index contributed by atoms with van der Waals surface area (Å²) in [6.07, 6.45) is 2.69. The first-order valence-electron chi connectivity index (χ1n) is 5.68. The van der Waals surface area contributed by atoms with Gasteiger partial charge in [0.15, 0.2) is 9.84 Å². The van der Waals surface area contributed by atoms with Crippen molar-refractivity contribution in [1.82, 2.24) is 5.32 Å². The van der Waals surface area contributed by atoms with E-state index in [4.69, 9.17) is 5.73 Å². The van der Waals surface area contributed by atoms with Crippen LogP contribution in [0.25, 0.3) is 0 Å². The molecule has 1 rings (SSSR count). The van der Waals surface area contributed by atoms with Gasteiger partial charge in [0, 0.05) is 12.6 Å². The third-order valence-electron chi connectivity index (χ3n) is 2.66. The third kappa shape index (κ3) is 4.49. The third-order valence-corrected chi connectivity index (χ3v) is 4.39. The smallest absolute Gasteiger partial charge is 0.235 e. The van der Waals surface area contributed by atoms with E-state index >= 15 is 0 Å². The van der Waals surface area contributed by atoms with Gasteiger partial charge in [-0.2, -0.15) is 0 Å².